The van der Waals surface area contributed by atoms with Crippen LogP contribution in [0.2, 0.25) is 0 Å². The predicted molar refractivity (Wildman–Crippen MR) is 94.9 cm³/mol. The summed E-state index contributed by atoms with van der Waals surface area (Å²) in [5, 5.41) is 11.4. The summed E-state index contributed by atoms with van der Waals surface area (Å²) in [6, 6.07) is 7.95. The Bertz CT molecular complexity index is 878. The molecule has 0 aliphatic carbocycles. The fourth-order valence-corrected chi connectivity index (χ4v) is 3.55. The van der Waals surface area contributed by atoms with Crippen LogP contribution < -0.4 is 9.80 Å². The molecule has 0 atom stereocenters. The molecule has 25 heavy (non-hydrogen) atoms. The van der Waals surface area contributed by atoms with E-state index in [2.05, 4.69) is 9.88 Å². The van der Waals surface area contributed by atoms with Crippen molar-refractivity contribution in [2.75, 3.05) is 42.2 Å². The van der Waals surface area contributed by atoms with Crippen molar-refractivity contribution in [2.24, 2.45) is 0 Å². The van der Waals surface area contributed by atoms with E-state index < -0.39 is 14.8 Å². The average Bonchev–Trinajstić information content (AvgIpc) is 2.61. The molecule has 1 aromatic carbocycles. The minimum absolute atomic E-state index is 0.0432. The minimum atomic E-state index is -3.49. The molecule has 0 spiro atoms. The molecular formula is C16H18N4O4S. The first-order valence-corrected chi connectivity index (χ1v) is 9.64. The van der Waals surface area contributed by atoms with Crippen LogP contribution in [0.3, 0.4) is 0 Å². The van der Waals surface area contributed by atoms with E-state index in [1.54, 1.807) is 12.4 Å². The maximum Gasteiger partial charge on any atom is 0.293 e. The smallest absolute Gasteiger partial charge is 0.293 e. The van der Waals surface area contributed by atoms with Crippen molar-refractivity contribution in [3.8, 4) is 0 Å². The highest BCUT2D eigenvalue weighted by Gasteiger charge is 2.25. The van der Waals surface area contributed by atoms with E-state index >= 15 is 0 Å². The summed E-state index contributed by atoms with van der Waals surface area (Å²) < 4.78 is 23.3. The Morgan fingerprint density at radius 2 is 1.64 bits per heavy atom. The van der Waals surface area contributed by atoms with Gasteiger partial charge < -0.3 is 9.80 Å². The molecule has 9 heteroatoms. The van der Waals surface area contributed by atoms with Crippen LogP contribution in [0.25, 0.3) is 0 Å². The number of pyridine rings is 1. The van der Waals surface area contributed by atoms with Crippen LogP contribution in [0.5, 0.6) is 0 Å². The molecule has 2 aromatic rings. The van der Waals surface area contributed by atoms with Crippen LogP contribution in [0.1, 0.15) is 0 Å². The first kappa shape index (κ1) is 17.2. The Morgan fingerprint density at radius 1 is 1.04 bits per heavy atom. The lowest BCUT2D eigenvalue weighted by Crippen LogP contribution is -2.46. The number of anilines is 2. The average molecular weight is 362 g/mol. The first-order chi connectivity index (χ1) is 11.9. The van der Waals surface area contributed by atoms with Gasteiger partial charge in [-0.1, -0.05) is 0 Å². The molecule has 3 rings (SSSR count). The van der Waals surface area contributed by atoms with E-state index in [1.807, 2.05) is 17.0 Å². The summed E-state index contributed by atoms with van der Waals surface area (Å²) in [5.74, 6) is 0. The Morgan fingerprint density at radius 3 is 2.20 bits per heavy atom. The van der Waals surface area contributed by atoms with Gasteiger partial charge in [0.1, 0.15) is 5.69 Å². The van der Waals surface area contributed by atoms with E-state index in [0.29, 0.717) is 18.8 Å². The zero-order valence-electron chi connectivity index (χ0n) is 13.7. The zero-order valence-corrected chi connectivity index (χ0v) is 14.5. The molecule has 1 saturated heterocycles. The van der Waals surface area contributed by atoms with Gasteiger partial charge in [-0.05, 0) is 24.3 Å². The van der Waals surface area contributed by atoms with Crippen LogP contribution in [-0.2, 0) is 9.84 Å². The summed E-state index contributed by atoms with van der Waals surface area (Å²) in [6.45, 7) is 2.66. The second-order valence-electron chi connectivity index (χ2n) is 5.86. The molecule has 0 saturated carbocycles. The van der Waals surface area contributed by atoms with Gasteiger partial charge in [0, 0.05) is 56.6 Å². The molecule has 1 aliphatic rings. The number of benzene rings is 1. The maximum atomic E-state index is 11.6. The highest BCUT2D eigenvalue weighted by molar-refractivity contribution is 7.90. The van der Waals surface area contributed by atoms with Gasteiger partial charge in [-0.25, -0.2) is 8.42 Å². The highest BCUT2D eigenvalue weighted by atomic mass is 32.2. The largest absolute Gasteiger partial charge is 0.368 e. The fourth-order valence-electron chi connectivity index (χ4n) is 2.91. The van der Waals surface area contributed by atoms with Crippen molar-refractivity contribution >= 4 is 26.9 Å². The SMILES string of the molecule is CS(=O)(=O)c1ccc(N2CCN(c3ccncc3)CC2)c([N+](=O)[O-])c1. The summed E-state index contributed by atoms with van der Waals surface area (Å²) >= 11 is 0. The standard InChI is InChI=1S/C16H18N4O4S/c1-25(23,24)14-2-3-15(16(12-14)20(21)22)19-10-8-18(9-11-19)13-4-6-17-7-5-13/h2-7,12H,8-11H2,1H3. The number of nitro benzene ring substituents is 1. The third-order valence-electron chi connectivity index (χ3n) is 4.22. The Balaban J connectivity index is 1.82. The molecule has 0 N–H and O–H groups in total. The molecule has 1 aliphatic heterocycles. The number of rotatable bonds is 4. The minimum Gasteiger partial charge on any atom is -0.368 e. The molecule has 132 valence electrons. The van der Waals surface area contributed by atoms with Crippen LogP contribution in [0, 0.1) is 10.1 Å². The third kappa shape index (κ3) is 3.71. The maximum absolute atomic E-state index is 11.6. The highest BCUT2D eigenvalue weighted by Crippen LogP contribution is 2.32. The van der Waals surface area contributed by atoms with E-state index in [9.17, 15) is 18.5 Å². The number of hydrogen-bond donors (Lipinski definition) is 0. The molecule has 8 nitrogen and oxygen atoms in total. The molecule has 1 aromatic heterocycles. The number of sulfone groups is 1. The van der Waals surface area contributed by atoms with Crippen LogP contribution in [-0.4, -0.2) is 50.8 Å². The van der Waals surface area contributed by atoms with Crippen molar-refractivity contribution in [3.05, 3.63) is 52.8 Å². The van der Waals surface area contributed by atoms with Crippen LogP contribution in [0.15, 0.2) is 47.6 Å². The van der Waals surface area contributed by atoms with E-state index in [1.165, 1.54) is 12.1 Å². The Kier molecular flexibility index (Phi) is 4.58. The van der Waals surface area contributed by atoms with Crippen molar-refractivity contribution < 1.29 is 13.3 Å². The Hall–Kier alpha value is -2.68. The van der Waals surface area contributed by atoms with Gasteiger partial charge in [0.2, 0.25) is 0 Å². The molecule has 1 fully saturated rings. The number of hydrogen-bond acceptors (Lipinski definition) is 7. The molecule has 0 amide bonds. The summed E-state index contributed by atoms with van der Waals surface area (Å²) in [7, 11) is -3.49. The summed E-state index contributed by atoms with van der Waals surface area (Å²) in [6.07, 6.45) is 4.51. The first-order valence-electron chi connectivity index (χ1n) is 7.75. The summed E-state index contributed by atoms with van der Waals surface area (Å²) in [5.41, 5.74) is 1.34. The molecule has 2 heterocycles. The fraction of sp³-hybridized carbons (Fsp3) is 0.312. The lowest BCUT2D eigenvalue weighted by Gasteiger charge is -2.37. The quantitative estimate of drug-likeness (QED) is 0.603. The number of nitrogens with zero attached hydrogens (tertiary/aromatic N) is 4. The van der Waals surface area contributed by atoms with Gasteiger partial charge in [-0.15, -0.1) is 0 Å². The zero-order chi connectivity index (χ0) is 18.0. The van der Waals surface area contributed by atoms with Crippen molar-refractivity contribution in [1.29, 1.82) is 0 Å². The van der Waals surface area contributed by atoms with Gasteiger partial charge in [0.25, 0.3) is 5.69 Å². The van der Waals surface area contributed by atoms with Crippen LogP contribution >= 0.6 is 0 Å². The predicted octanol–water partition coefficient (Wildman–Crippen LogP) is 1.72. The lowest BCUT2D eigenvalue weighted by atomic mass is 10.2. The molecular weight excluding hydrogens is 344 g/mol. The second-order valence-corrected chi connectivity index (χ2v) is 7.88. The molecule has 0 radical (unpaired) electrons. The van der Waals surface area contributed by atoms with Crippen molar-refractivity contribution in [3.63, 3.8) is 0 Å². The van der Waals surface area contributed by atoms with Gasteiger partial charge in [0.05, 0.1) is 9.82 Å². The molecule has 0 unspecified atom stereocenters. The lowest BCUT2D eigenvalue weighted by molar-refractivity contribution is -0.384. The molecule has 0 bridgehead atoms. The number of piperazine rings is 1. The van der Waals surface area contributed by atoms with Gasteiger partial charge in [-0.3, -0.25) is 15.1 Å². The van der Waals surface area contributed by atoms with Gasteiger partial charge in [0.15, 0.2) is 9.84 Å². The Labute approximate surface area is 145 Å². The number of nitro groups is 1. The van der Waals surface area contributed by atoms with Gasteiger partial charge in [-0.2, -0.15) is 0 Å². The van der Waals surface area contributed by atoms with Gasteiger partial charge >= 0.3 is 0 Å². The van der Waals surface area contributed by atoms with E-state index in [0.717, 1.165) is 31.1 Å². The number of aromatic nitrogens is 1. The second kappa shape index (κ2) is 6.67. The normalized spacial score (nSPS) is 15.2. The van der Waals surface area contributed by atoms with Crippen molar-refractivity contribution in [2.45, 2.75) is 4.90 Å². The van der Waals surface area contributed by atoms with Crippen LogP contribution in [0.4, 0.5) is 17.1 Å². The topological polar surface area (TPSA) is 96.7 Å². The van der Waals surface area contributed by atoms with Crippen molar-refractivity contribution in [1.82, 2.24) is 4.98 Å². The van der Waals surface area contributed by atoms with E-state index in [-0.39, 0.29) is 10.6 Å². The third-order valence-corrected chi connectivity index (χ3v) is 5.33. The summed E-state index contributed by atoms with van der Waals surface area (Å²) in [4.78, 5) is 18.9. The van der Waals surface area contributed by atoms with E-state index in [4.69, 9.17) is 0 Å². The monoisotopic (exact) mass is 362 g/mol.